The van der Waals surface area contributed by atoms with Crippen molar-refractivity contribution < 1.29 is 9.59 Å². The van der Waals surface area contributed by atoms with Crippen molar-refractivity contribution in [2.45, 2.75) is 13.1 Å². The number of nitrogens with one attached hydrogen (secondary N) is 2. The molecule has 1 aromatic carbocycles. The number of nitrogens with zero attached hydrogens (tertiary/aromatic N) is 2. The summed E-state index contributed by atoms with van der Waals surface area (Å²) in [6.45, 7) is 0.900. The molecule has 7 nitrogen and oxygen atoms in total. The van der Waals surface area contributed by atoms with Crippen LogP contribution in [0, 0.1) is 0 Å². The molecule has 0 aliphatic heterocycles. The number of hydrogen-bond donors (Lipinski definition) is 3. The largest absolute Gasteiger partial charge is 0.350 e. The van der Waals surface area contributed by atoms with Crippen LogP contribution in [0.25, 0.3) is 0 Å². The minimum atomic E-state index is -0.351. The second-order valence-corrected chi connectivity index (χ2v) is 4.78. The van der Waals surface area contributed by atoms with Gasteiger partial charge in [-0.2, -0.15) is 5.10 Å². The Morgan fingerprint density at radius 2 is 1.95 bits per heavy atom. The van der Waals surface area contributed by atoms with Gasteiger partial charge in [-0.3, -0.25) is 14.3 Å². The molecule has 1 aromatic heterocycles. The van der Waals surface area contributed by atoms with Crippen LogP contribution in [-0.2, 0) is 22.7 Å². The fraction of sp³-hybridized carbons (Fsp3) is 0.267. The number of benzene rings is 1. The molecule has 22 heavy (non-hydrogen) atoms. The maximum Gasteiger partial charge on any atom is 0.239 e. The van der Waals surface area contributed by atoms with Gasteiger partial charge in [-0.25, -0.2) is 0 Å². The number of aromatic nitrogens is 2. The highest BCUT2D eigenvalue weighted by molar-refractivity contribution is 5.85. The number of carbonyl (C=O) groups excluding carboxylic acids is 2. The lowest BCUT2D eigenvalue weighted by molar-refractivity contribution is -0.125. The van der Waals surface area contributed by atoms with E-state index in [0.29, 0.717) is 13.1 Å². The molecule has 116 valence electrons. The van der Waals surface area contributed by atoms with Gasteiger partial charge in [0.25, 0.3) is 0 Å². The predicted octanol–water partition coefficient (Wildman–Crippen LogP) is -0.377. The van der Waals surface area contributed by atoms with E-state index in [1.165, 1.54) is 0 Å². The molecule has 2 amide bonds. The van der Waals surface area contributed by atoms with Crippen LogP contribution in [0.1, 0.15) is 11.1 Å². The van der Waals surface area contributed by atoms with Crippen molar-refractivity contribution in [3.8, 4) is 0 Å². The molecular formula is C15H19N5O2. The van der Waals surface area contributed by atoms with Gasteiger partial charge in [0, 0.05) is 18.9 Å². The van der Waals surface area contributed by atoms with Gasteiger partial charge in [-0.15, -0.1) is 0 Å². The SMILES string of the molecule is NCC(=O)NCC(=O)NCc1cccc(Cn2cccn2)c1. The van der Waals surface area contributed by atoms with Gasteiger partial charge in [0.15, 0.2) is 0 Å². The van der Waals surface area contributed by atoms with Crippen LogP contribution in [0.5, 0.6) is 0 Å². The Hall–Kier alpha value is -2.67. The van der Waals surface area contributed by atoms with Gasteiger partial charge in [-0.1, -0.05) is 24.3 Å². The molecule has 0 saturated carbocycles. The van der Waals surface area contributed by atoms with Crippen molar-refractivity contribution >= 4 is 11.8 Å². The molecule has 0 saturated heterocycles. The number of amides is 2. The zero-order chi connectivity index (χ0) is 15.8. The molecule has 0 unspecified atom stereocenters. The Bertz CT molecular complexity index is 625. The molecule has 0 atom stereocenters. The number of nitrogens with two attached hydrogens (primary N) is 1. The first kappa shape index (κ1) is 15.7. The standard InChI is InChI=1S/C15H19N5O2/c16-8-14(21)18-10-15(22)17-9-12-3-1-4-13(7-12)11-20-6-2-5-19-20/h1-7H,8-11,16H2,(H,17,22)(H,18,21). The predicted molar refractivity (Wildman–Crippen MR) is 81.7 cm³/mol. The Kier molecular flexibility index (Phi) is 5.67. The summed E-state index contributed by atoms with van der Waals surface area (Å²) in [4.78, 5) is 22.6. The molecule has 2 rings (SSSR count). The van der Waals surface area contributed by atoms with Crippen LogP contribution in [0.3, 0.4) is 0 Å². The second-order valence-electron chi connectivity index (χ2n) is 4.78. The quantitative estimate of drug-likeness (QED) is 0.649. The van der Waals surface area contributed by atoms with Crippen molar-refractivity contribution in [3.63, 3.8) is 0 Å². The Morgan fingerprint density at radius 1 is 1.14 bits per heavy atom. The molecule has 7 heteroatoms. The smallest absolute Gasteiger partial charge is 0.239 e. The van der Waals surface area contributed by atoms with E-state index in [1.807, 2.05) is 41.2 Å². The van der Waals surface area contributed by atoms with E-state index in [1.54, 1.807) is 6.20 Å². The van der Waals surface area contributed by atoms with E-state index in [4.69, 9.17) is 5.73 Å². The van der Waals surface area contributed by atoms with Gasteiger partial charge < -0.3 is 16.4 Å². The summed E-state index contributed by atoms with van der Waals surface area (Å²) >= 11 is 0. The highest BCUT2D eigenvalue weighted by atomic mass is 16.2. The summed E-state index contributed by atoms with van der Waals surface area (Å²) in [6.07, 6.45) is 3.63. The average Bonchev–Trinajstić information content (AvgIpc) is 3.04. The van der Waals surface area contributed by atoms with Crippen LogP contribution < -0.4 is 16.4 Å². The number of hydrogen-bond acceptors (Lipinski definition) is 4. The lowest BCUT2D eigenvalue weighted by Crippen LogP contribution is -2.39. The zero-order valence-corrected chi connectivity index (χ0v) is 12.2. The highest BCUT2D eigenvalue weighted by Crippen LogP contribution is 2.06. The molecule has 4 N–H and O–H groups in total. The normalized spacial score (nSPS) is 10.2. The molecule has 0 aliphatic rings. The summed E-state index contributed by atoms with van der Waals surface area (Å²) in [6, 6.07) is 9.77. The first-order chi connectivity index (χ1) is 10.7. The van der Waals surface area contributed by atoms with Gasteiger partial charge in [0.05, 0.1) is 19.6 Å². The summed E-state index contributed by atoms with van der Waals surface area (Å²) in [5.41, 5.74) is 7.24. The highest BCUT2D eigenvalue weighted by Gasteiger charge is 2.04. The number of carbonyl (C=O) groups is 2. The Labute approximate surface area is 128 Å². The van der Waals surface area contributed by atoms with Crippen molar-refractivity contribution in [1.82, 2.24) is 20.4 Å². The molecule has 1 heterocycles. The molecule has 0 spiro atoms. The van der Waals surface area contributed by atoms with Crippen molar-refractivity contribution in [2.75, 3.05) is 13.1 Å². The van der Waals surface area contributed by atoms with E-state index >= 15 is 0 Å². The number of rotatable bonds is 7. The van der Waals surface area contributed by atoms with E-state index < -0.39 is 0 Å². The van der Waals surface area contributed by atoms with Crippen molar-refractivity contribution in [3.05, 3.63) is 53.9 Å². The minimum Gasteiger partial charge on any atom is -0.350 e. The lowest BCUT2D eigenvalue weighted by Gasteiger charge is -2.08. The minimum absolute atomic E-state index is 0.0665. The Balaban J connectivity index is 1.82. The van der Waals surface area contributed by atoms with Gasteiger partial charge in [-0.05, 0) is 17.2 Å². The average molecular weight is 301 g/mol. The zero-order valence-electron chi connectivity index (χ0n) is 12.2. The third-order valence-electron chi connectivity index (χ3n) is 3.02. The monoisotopic (exact) mass is 301 g/mol. The summed E-state index contributed by atoms with van der Waals surface area (Å²) in [5.74, 6) is -0.601. The van der Waals surface area contributed by atoms with Crippen molar-refractivity contribution in [2.24, 2.45) is 5.73 Å². The maximum absolute atomic E-state index is 11.6. The third-order valence-corrected chi connectivity index (χ3v) is 3.02. The fourth-order valence-electron chi connectivity index (χ4n) is 1.93. The van der Waals surface area contributed by atoms with E-state index in [2.05, 4.69) is 15.7 Å². The molecular weight excluding hydrogens is 282 g/mol. The van der Waals surface area contributed by atoms with Crippen LogP contribution in [0.4, 0.5) is 0 Å². The van der Waals surface area contributed by atoms with Crippen molar-refractivity contribution in [1.29, 1.82) is 0 Å². The fourth-order valence-corrected chi connectivity index (χ4v) is 1.93. The molecule has 0 bridgehead atoms. The van der Waals surface area contributed by atoms with E-state index in [-0.39, 0.29) is 24.9 Å². The van der Waals surface area contributed by atoms with Gasteiger partial charge in [0.1, 0.15) is 0 Å². The maximum atomic E-state index is 11.6. The Morgan fingerprint density at radius 3 is 2.68 bits per heavy atom. The van der Waals surface area contributed by atoms with Gasteiger partial charge in [0.2, 0.25) is 11.8 Å². The first-order valence-electron chi connectivity index (χ1n) is 6.96. The van der Waals surface area contributed by atoms with Gasteiger partial charge >= 0.3 is 0 Å². The van der Waals surface area contributed by atoms with Crippen LogP contribution >= 0.6 is 0 Å². The summed E-state index contributed by atoms with van der Waals surface area (Å²) in [7, 11) is 0. The van der Waals surface area contributed by atoms with Crippen LogP contribution in [0.15, 0.2) is 42.7 Å². The molecule has 0 radical (unpaired) electrons. The van der Waals surface area contributed by atoms with Crippen LogP contribution in [-0.4, -0.2) is 34.7 Å². The topological polar surface area (TPSA) is 102 Å². The molecule has 2 aromatic rings. The van der Waals surface area contributed by atoms with E-state index in [0.717, 1.165) is 11.1 Å². The van der Waals surface area contributed by atoms with E-state index in [9.17, 15) is 9.59 Å². The molecule has 0 fully saturated rings. The summed E-state index contributed by atoms with van der Waals surface area (Å²) in [5, 5.41) is 9.33. The molecule has 0 aliphatic carbocycles. The summed E-state index contributed by atoms with van der Waals surface area (Å²) < 4.78 is 1.83. The first-order valence-corrected chi connectivity index (χ1v) is 6.96. The second kappa shape index (κ2) is 7.94. The van der Waals surface area contributed by atoms with Crippen LogP contribution in [0.2, 0.25) is 0 Å². The lowest BCUT2D eigenvalue weighted by atomic mass is 10.1. The third kappa shape index (κ3) is 5.02.